The van der Waals surface area contributed by atoms with E-state index >= 15 is 0 Å². The molecule has 4 aromatic rings. The van der Waals surface area contributed by atoms with E-state index in [1.165, 1.54) is 12.1 Å². The number of rotatable bonds is 11. The number of amides is 1. The first kappa shape index (κ1) is 27.2. The van der Waals surface area contributed by atoms with Crippen LogP contribution in [0, 0.1) is 5.82 Å². The molecule has 3 heterocycles. The summed E-state index contributed by atoms with van der Waals surface area (Å²) in [6.07, 6.45) is 2.69. The van der Waals surface area contributed by atoms with Crippen LogP contribution >= 0.6 is 0 Å². The molecular formula is C28H34FN8O3+. The molecule has 0 radical (unpaired) electrons. The number of primary amides is 1. The van der Waals surface area contributed by atoms with Crippen molar-refractivity contribution in [3.8, 4) is 11.5 Å². The standard InChI is InChI=1S/C28H33FN8O3/c1-36-12-14-37(15-13-36)11-4-16-40-18-7-8-21(23(17-18)39-2)33-28-34-26-19(9-10-31-26)27(35-28)32-22-6-3-5-20(29)24(22)25(30)38/h3,5-10,17H,4,11-16H2,1-2H3,(H2,30,38)(H3,31,32,33,34,35)/p+1. The maximum atomic E-state index is 14.3. The van der Waals surface area contributed by atoms with Crippen molar-refractivity contribution >= 4 is 40.1 Å². The minimum Gasteiger partial charge on any atom is -0.493 e. The summed E-state index contributed by atoms with van der Waals surface area (Å²) in [5.41, 5.74) is 6.72. The number of carbonyl (C=O) groups excluding carboxylic acids is 1. The molecule has 210 valence electrons. The molecule has 1 fully saturated rings. The number of nitrogens with two attached hydrogens (primary N) is 1. The van der Waals surface area contributed by atoms with E-state index in [2.05, 4.69) is 42.4 Å². The lowest BCUT2D eigenvalue weighted by atomic mass is 10.1. The van der Waals surface area contributed by atoms with Gasteiger partial charge in [-0.15, -0.1) is 0 Å². The number of aromatic amines is 2. The Balaban J connectivity index is 1.29. The summed E-state index contributed by atoms with van der Waals surface area (Å²) in [5.74, 6) is 0.477. The monoisotopic (exact) mass is 549 g/mol. The first-order chi connectivity index (χ1) is 19.4. The predicted molar refractivity (Wildman–Crippen MR) is 151 cm³/mol. The Hall–Kier alpha value is -4.42. The van der Waals surface area contributed by atoms with E-state index in [0.717, 1.165) is 39.1 Å². The average Bonchev–Trinajstić information content (AvgIpc) is 3.42. The molecule has 5 rings (SSSR count). The highest BCUT2D eigenvalue weighted by Crippen LogP contribution is 2.32. The fraction of sp³-hybridized carbons (Fsp3) is 0.321. The average molecular weight is 550 g/mol. The number of nitrogens with one attached hydrogen (secondary N) is 4. The van der Waals surface area contributed by atoms with Gasteiger partial charge in [-0.2, -0.15) is 0 Å². The number of methoxy groups -OCH3 is 1. The van der Waals surface area contributed by atoms with Gasteiger partial charge >= 0.3 is 5.95 Å². The second-order valence-corrected chi connectivity index (χ2v) is 9.69. The van der Waals surface area contributed by atoms with E-state index in [4.69, 9.17) is 15.2 Å². The van der Waals surface area contributed by atoms with Crippen LogP contribution in [0.2, 0.25) is 0 Å². The van der Waals surface area contributed by atoms with Crippen LogP contribution < -0.4 is 30.8 Å². The van der Waals surface area contributed by atoms with Crippen molar-refractivity contribution in [3.63, 3.8) is 0 Å². The van der Waals surface area contributed by atoms with E-state index in [0.29, 0.717) is 46.6 Å². The number of H-pyrrole nitrogens is 2. The largest absolute Gasteiger partial charge is 0.493 e. The number of fused-ring (bicyclic) bond motifs is 1. The molecule has 2 aromatic heterocycles. The van der Waals surface area contributed by atoms with Crippen LogP contribution in [0.15, 0.2) is 48.7 Å². The normalized spacial score (nSPS) is 14.3. The van der Waals surface area contributed by atoms with Crippen molar-refractivity contribution in [1.29, 1.82) is 0 Å². The van der Waals surface area contributed by atoms with E-state index in [1.807, 2.05) is 24.3 Å². The topological polar surface area (TPSA) is 135 Å². The molecule has 1 amide bonds. The molecule has 12 heteroatoms. The summed E-state index contributed by atoms with van der Waals surface area (Å²) < 4.78 is 25.9. The summed E-state index contributed by atoms with van der Waals surface area (Å²) in [6, 6.07) is 11.6. The second-order valence-electron chi connectivity index (χ2n) is 9.69. The number of likely N-dealkylation sites (N-methyl/N-ethyl adjacent to an activating group) is 1. The lowest BCUT2D eigenvalue weighted by molar-refractivity contribution is -0.333. The molecule has 40 heavy (non-hydrogen) atoms. The SMILES string of the molecule is COc1cc(OCCCN2CCN(C)CC2)ccc1Nc1nc(Nc2cccc(F)c2C(N)=O)c2cc[nH]c2[nH+]1. The fourth-order valence-electron chi connectivity index (χ4n) is 4.69. The van der Waals surface area contributed by atoms with E-state index < -0.39 is 11.7 Å². The Bertz CT molecular complexity index is 1490. The van der Waals surface area contributed by atoms with E-state index in [9.17, 15) is 9.18 Å². The number of piperazine rings is 1. The number of carbonyl (C=O) groups is 1. The number of hydrogen-bond donors (Lipinski definition) is 4. The van der Waals surface area contributed by atoms with Gasteiger partial charge in [-0.3, -0.25) is 15.1 Å². The van der Waals surface area contributed by atoms with Gasteiger partial charge in [0.2, 0.25) is 11.5 Å². The van der Waals surface area contributed by atoms with Gasteiger partial charge in [0.25, 0.3) is 5.91 Å². The number of nitrogens with zero attached hydrogens (tertiary/aromatic N) is 3. The maximum absolute atomic E-state index is 14.3. The van der Waals surface area contributed by atoms with Crippen molar-refractivity contribution in [2.24, 2.45) is 5.73 Å². The number of aromatic nitrogens is 3. The molecule has 11 nitrogen and oxygen atoms in total. The summed E-state index contributed by atoms with van der Waals surface area (Å²) in [5, 5.41) is 7.00. The maximum Gasteiger partial charge on any atom is 0.351 e. The lowest BCUT2D eigenvalue weighted by Crippen LogP contribution is -2.44. The van der Waals surface area contributed by atoms with Crippen LogP contribution in [0.1, 0.15) is 16.8 Å². The van der Waals surface area contributed by atoms with E-state index in [1.54, 1.807) is 19.4 Å². The molecule has 1 aliphatic rings. The Morgan fingerprint density at radius 3 is 2.75 bits per heavy atom. The Morgan fingerprint density at radius 2 is 1.98 bits per heavy atom. The molecule has 2 aromatic carbocycles. The third-order valence-corrected chi connectivity index (χ3v) is 6.89. The van der Waals surface area contributed by atoms with Gasteiger partial charge in [0.15, 0.2) is 5.75 Å². The molecule has 6 N–H and O–H groups in total. The number of ether oxygens (including phenoxy) is 2. The zero-order valence-electron chi connectivity index (χ0n) is 22.6. The van der Waals surface area contributed by atoms with Gasteiger partial charge in [-0.05, 0) is 43.8 Å². The van der Waals surface area contributed by atoms with Crippen molar-refractivity contribution in [1.82, 2.24) is 19.8 Å². The summed E-state index contributed by atoms with van der Waals surface area (Å²) >= 11 is 0. The molecule has 1 aliphatic heterocycles. The minimum absolute atomic E-state index is 0.214. The van der Waals surface area contributed by atoms with E-state index in [-0.39, 0.29) is 11.3 Å². The van der Waals surface area contributed by atoms with Crippen molar-refractivity contribution < 1.29 is 23.6 Å². The Morgan fingerprint density at radius 1 is 1.15 bits per heavy atom. The van der Waals surface area contributed by atoms with Crippen LogP contribution in [0.3, 0.4) is 0 Å². The van der Waals surface area contributed by atoms with Crippen LogP contribution in [-0.4, -0.2) is 79.2 Å². The molecule has 0 aliphatic carbocycles. The smallest absolute Gasteiger partial charge is 0.351 e. The number of halogens is 1. The first-order valence-electron chi connectivity index (χ1n) is 13.2. The molecular weight excluding hydrogens is 515 g/mol. The highest BCUT2D eigenvalue weighted by Gasteiger charge is 2.20. The first-order valence-corrected chi connectivity index (χ1v) is 13.2. The van der Waals surface area contributed by atoms with Gasteiger partial charge in [0, 0.05) is 45.0 Å². The zero-order chi connectivity index (χ0) is 28.1. The van der Waals surface area contributed by atoms with Crippen molar-refractivity contribution in [2.75, 3.05) is 64.1 Å². The third kappa shape index (κ3) is 6.24. The highest BCUT2D eigenvalue weighted by molar-refractivity contribution is 6.00. The molecule has 1 saturated heterocycles. The van der Waals surface area contributed by atoms with Crippen molar-refractivity contribution in [2.45, 2.75) is 6.42 Å². The van der Waals surface area contributed by atoms with Crippen molar-refractivity contribution in [3.05, 3.63) is 60.0 Å². The number of anilines is 4. The van der Waals surface area contributed by atoms with Gasteiger partial charge < -0.3 is 30.3 Å². The minimum atomic E-state index is -0.877. The van der Waals surface area contributed by atoms with Gasteiger partial charge in [0.05, 0.1) is 30.4 Å². The fourth-order valence-corrected chi connectivity index (χ4v) is 4.69. The molecule has 0 saturated carbocycles. The van der Waals surface area contributed by atoms with Gasteiger partial charge in [-0.1, -0.05) is 11.1 Å². The summed E-state index contributed by atoms with van der Waals surface area (Å²) in [6.45, 7) is 6.02. The lowest BCUT2D eigenvalue weighted by Gasteiger charge is -2.32. The van der Waals surface area contributed by atoms with Crippen LogP contribution in [0.5, 0.6) is 11.5 Å². The van der Waals surface area contributed by atoms with Crippen LogP contribution in [0.25, 0.3) is 11.0 Å². The van der Waals surface area contributed by atoms with Crippen LogP contribution in [-0.2, 0) is 0 Å². The second kappa shape index (κ2) is 12.2. The summed E-state index contributed by atoms with van der Waals surface area (Å²) in [7, 11) is 3.74. The molecule has 0 spiro atoms. The van der Waals surface area contributed by atoms with Crippen LogP contribution in [0.4, 0.5) is 27.5 Å². The quantitative estimate of drug-likeness (QED) is 0.210. The highest BCUT2D eigenvalue weighted by atomic mass is 19.1. The third-order valence-electron chi connectivity index (χ3n) is 6.89. The molecule has 0 bridgehead atoms. The summed E-state index contributed by atoms with van der Waals surface area (Å²) in [4.78, 5) is 27.6. The number of hydrogen-bond acceptors (Lipinski definition) is 8. The van der Waals surface area contributed by atoms with Gasteiger partial charge in [0.1, 0.15) is 17.3 Å². The Labute approximate surface area is 231 Å². The number of benzene rings is 2. The molecule has 0 atom stereocenters. The molecule has 0 unspecified atom stereocenters. The zero-order valence-corrected chi connectivity index (χ0v) is 22.6. The Kier molecular flexibility index (Phi) is 8.27. The predicted octanol–water partition coefficient (Wildman–Crippen LogP) is 3.13. The van der Waals surface area contributed by atoms with Gasteiger partial charge in [-0.25, -0.2) is 9.37 Å².